The lowest BCUT2D eigenvalue weighted by molar-refractivity contribution is -0.137. The number of halogens is 5. The fourth-order valence-corrected chi connectivity index (χ4v) is 2.79. The number of rotatable bonds is 3. The molecular formula is C19H10Cl2F3NO2. The first-order valence-electron chi connectivity index (χ1n) is 7.56. The Morgan fingerprint density at radius 2 is 1.74 bits per heavy atom. The molecule has 0 aliphatic carbocycles. The lowest BCUT2D eigenvalue weighted by atomic mass is 10.1. The smallest absolute Gasteiger partial charge is 0.403 e. The zero-order chi connectivity index (χ0) is 19.6. The van der Waals surface area contributed by atoms with Crippen molar-refractivity contribution in [2.75, 3.05) is 0 Å². The molecule has 0 fully saturated rings. The van der Waals surface area contributed by atoms with E-state index in [-0.39, 0.29) is 17.2 Å². The number of aliphatic imine (C=N–C) groups is 1. The molecule has 0 atom stereocenters. The molecule has 2 aromatic carbocycles. The molecule has 0 spiro atoms. The number of esters is 1. The van der Waals surface area contributed by atoms with Crippen molar-refractivity contribution in [3.63, 3.8) is 0 Å². The summed E-state index contributed by atoms with van der Waals surface area (Å²) in [5, 5.41) is 0.855. The molecule has 0 bridgehead atoms. The van der Waals surface area contributed by atoms with Gasteiger partial charge in [-0.25, -0.2) is 9.79 Å². The summed E-state index contributed by atoms with van der Waals surface area (Å²) in [6.45, 7) is 0. The van der Waals surface area contributed by atoms with Crippen LogP contribution in [0, 0.1) is 0 Å². The van der Waals surface area contributed by atoms with Crippen LogP contribution in [0.4, 0.5) is 13.2 Å². The topological polar surface area (TPSA) is 38.7 Å². The minimum absolute atomic E-state index is 0.0539. The van der Waals surface area contributed by atoms with Crippen molar-refractivity contribution in [2.45, 2.75) is 6.18 Å². The number of nitrogens with zero attached hydrogens (tertiary/aromatic N) is 1. The molecule has 0 saturated carbocycles. The molecule has 0 unspecified atom stereocenters. The summed E-state index contributed by atoms with van der Waals surface area (Å²) in [6, 6.07) is 9.73. The first-order chi connectivity index (χ1) is 12.7. The van der Waals surface area contributed by atoms with Gasteiger partial charge in [-0.2, -0.15) is 13.2 Å². The molecule has 0 saturated heterocycles. The number of hydrogen-bond donors (Lipinski definition) is 0. The Morgan fingerprint density at radius 1 is 1.00 bits per heavy atom. The molecule has 1 aliphatic heterocycles. The minimum Gasteiger partial charge on any atom is -0.403 e. The third-order valence-electron chi connectivity index (χ3n) is 3.56. The highest BCUT2D eigenvalue weighted by Gasteiger charge is 2.33. The van der Waals surface area contributed by atoms with Gasteiger partial charge in [-0.3, -0.25) is 0 Å². The van der Waals surface area contributed by atoms with Gasteiger partial charge in [0.2, 0.25) is 5.90 Å². The van der Waals surface area contributed by atoms with Gasteiger partial charge in [-0.05, 0) is 41.5 Å². The van der Waals surface area contributed by atoms with Crippen molar-refractivity contribution in [1.29, 1.82) is 0 Å². The molecule has 0 N–H and O–H groups in total. The number of benzene rings is 2. The van der Waals surface area contributed by atoms with Crippen LogP contribution in [0.5, 0.6) is 0 Å². The van der Waals surface area contributed by atoms with E-state index in [1.807, 2.05) is 0 Å². The summed E-state index contributed by atoms with van der Waals surface area (Å²) >= 11 is 11.9. The Morgan fingerprint density at radius 3 is 2.44 bits per heavy atom. The average Bonchev–Trinajstić information content (AvgIpc) is 2.93. The minimum atomic E-state index is -4.55. The predicted molar refractivity (Wildman–Crippen MR) is 98.4 cm³/mol. The number of carbonyl (C=O) groups excluding carboxylic acids is 1. The number of ether oxygens (including phenoxy) is 1. The normalized spacial score (nSPS) is 16.1. The van der Waals surface area contributed by atoms with E-state index in [0.29, 0.717) is 15.6 Å². The van der Waals surface area contributed by atoms with Crippen LogP contribution in [0.2, 0.25) is 10.0 Å². The second-order valence-electron chi connectivity index (χ2n) is 5.45. The molecule has 27 heavy (non-hydrogen) atoms. The van der Waals surface area contributed by atoms with E-state index in [9.17, 15) is 18.0 Å². The van der Waals surface area contributed by atoms with E-state index in [1.165, 1.54) is 24.3 Å². The molecule has 3 nitrogen and oxygen atoms in total. The highest BCUT2D eigenvalue weighted by Crippen LogP contribution is 2.33. The maximum absolute atomic E-state index is 13.1. The summed E-state index contributed by atoms with van der Waals surface area (Å²) in [5.74, 6) is -0.893. The lowest BCUT2D eigenvalue weighted by Crippen LogP contribution is -2.07. The second-order valence-corrected chi connectivity index (χ2v) is 6.30. The van der Waals surface area contributed by atoms with Gasteiger partial charge in [0.05, 0.1) is 5.56 Å². The van der Waals surface area contributed by atoms with Crippen LogP contribution < -0.4 is 0 Å². The fraction of sp³-hybridized carbons (Fsp3) is 0.0526. The second kappa shape index (κ2) is 7.58. The van der Waals surface area contributed by atoms with E-state index in [1.54, 1.807) is 24.3 Å². The van der Waals surface area contributed by atoms with E-state index in [0.717, 1.165) is 12.1 Å². The highest BCUT2D eigenvalue weighted by molar-refractivity contribution is 6.35. The molecule has 2 aromatic rings. The van der Waals surface area contributed by atoms with Gasteiger partial charge < -0.3 is 4.74 Å². The van der Waals surface area contributed by atoms with E-state index in [2.05, 4.69) is 4.99 Å². The van der Waals surface area contributed by atoms with Crippen molar-refractivity contribution in [1.82, 2.24) is 0 Å². The SMILES string of the molecule is O=C1OC(/C=C/c2ccc(Cl)cc2Cl)=NC/1=C\c1ccccc1C(F)(F)F. The van der Waals surface area contributed by atoms with Crippen LogP contribution in [0.3, 0.4) is 0 Å². The van der Waals surface area contributed by atoms with Crippen LogP contribution in [0.15, 0.2) is 59.2 Å². The Balaban J connectivity index is 1.89. The van der Waals surface area contributed by atoms with Crippen LogP contribution in [0.1, 0.15) is 16.7 Å². The third kappa shape index (κ3) is 4.59. The van der Waals surface area contributed by atoms with Crippen LogP contribution in [-0.2, 0) is 15.7 Å². The summed E-state index contributed by atoms with van der Waals surface area (Å²) in [4.78, 5) is 15.8. The first-order valence-corrected chi connectivity index (χ1v) is 8.31. The largest absolute Gasteiger partial charge is 0.416 e. The average molecular weight is 412 g/mol. The van der Waals surface area contributed by atoms with Gasteiger partial charge in [0.25, 0.3) is 0 Å². The Bertz CT molecular complexity index is 995. The van der Waals surface area contributed by atoms with Crippen LogP contribution in [0.25, 0.3) is 12.2 Å². The quantitative estimate of drug-likeness (QED) is 0.457. The van der Waals surface area contributed by atoms with Crippen molar-refractivity contribution in [3.8, 4) is 0 Å². The zero-order valence-corrected chi connectivity index (χ0v) is 14.9. The molecule has 0 aromatic heterocycles. The van der Waals surface area contributed by atoms with Gasteiger partial charge in [0, 0.05) is 16.1 Å². The zero-order valence-electron chi connectivity index (χ0n) is 13.4. The summed E-state index contributed by atoms with van der Waals surface area (Å²) in [5.41, 5.74) is -0.655. The number of alkyl halides is 3. The van der Waals surface area contributed by atoms with Gasteiger partial charge in [-0.15, -0.1) is 0 Å². The number of hydrogen-bond acceptors (Lipinski definition) is 3. The first kappa shape index (κ1) is 19.2. The lowest BCUT2D eigenvalue weighted by Gasteiger charge is -2.09. The molecule has 1 aliphatic rings. The van der Waals surface area contributed by atoms with Crippen molar-refractivity contribution in [3.05, 3.63) is 81.0 Å². The Kier molecular flexibility index (Phi) is 5.39. The molecule has 8 heteroatoms. The summed E-state index contributed by atoms with van der Waals surface area (Å²) in [6.07, 6.45) is -0.559. The van der Waals surface area contributed by atoms with Crippen LogP contribution in [-0.4, -0.2) is 11.9 Å². The number of carbonyl (C=O) groups is 1. The molecule has 3 rings (SSSR count). The van der Waals surface area contributed by atoms with Crippen molar-refractivity contribution < 1.29 is 22.7 Å². The van der Waals surface area contributed by atoms with Gasteiger partial charge >= 0.3 is 12.1 Å². The monoisotopic (exact) mass is 411 g/mol. The standard InChI is InChI=1S/C19H10Cl2F3NO2/c20-13-7-5-11(15(21)10-13)6-8-17-25-16(18(26)27-17)9-12-3-1-2-4-14(12)19(22,23)24/h1-10H/b8-6+,16-9-. The molecule has 1 heterocycles. The molecule has 0 amide bonds. The molecular weight excluding hydrogens is 402 g/mol. The summed E-state index contributed by atoms with van der Waals surface area (Å²) in [7, 11) is 0. The maximum Gasteiger partial charge on any atom is 0.416 e. The Labute approximate surface area is 162 Å². The van der Waals surface area contributed by atoms with Gasteiger partial charge in [0.15, 0.2) is 5.70 Å². The molecule has 138 valence electrons. The summed E-state index contributed by atoms with van der Waals surface area (Å²) < 4.78 is 44.1. The van der Waals surface area contributed by atoms with Crippen LogP contribution >= 0.6 is 23.2 Å². The molecule has 0 radical (unpaired) electrons. The van der Waals surface area contributed by atoms with Gasteiger partial charge in [-0.1, -0.05) is 47.5 Å². The maximum atomic E-state index is 13.1. The Hall–Kier alpha value is -2.57. The van der Waals surface area contributed by atoms with E-state index < -0.39 is 17.7 Å². The van der Waals surface area contributed by atoms with E-state index in [4.69, 9.17) is 27.9 Å². The highest BCUT2D eigenvalue weighted by atomic mass is 35.5. The van der Waals surface area contributed by atoms with Crippen molar-refractivity contribution >= 4 is 47.2 Å². The predicted octanol–water partition coefficient (Wildman–Crippen LogP) is 6.02. The van der Waals surface area contributed by atoms with Gasteiger partial charge in [0.1, 0.15) is 0 Å². The van der Waals surface area contributed by atoms with E-state index >= 15 is 0 Å². The fourth-order valence-electron chi connectivity index (χ4n) is 2.32. The number of cyclic esters (lactones) is 1. The third-order valence-corrected chi connectivity index (χ3v) is 4.13. The van der Waals surface area contributed by atoms with Crippen molar-refractivity contribution in [2.24, 2.45) is 4.99 Å².